The van der Waals surface area contributed by atoms with Gasteiger partial charge in [-0.15, -0.1) is 0 Å². The molecular weight excluding hydrogens is 472 g/mol. The smallest absolute Gasteiger partial charge is 0.341 e. The van der Waals surface area contributed by atoms with Crippen LogP contribution < -0.4 is 13.8 Å². The number of halogens is 2. The number of anilines is 1. The van der Waals surface area contributed by atoms with E-state index in [1.165, 1.54) is 33.4 Å². The monoisotopic (exact) mass is 493 g/mol. The van der Waals surface area contributed by atoms with Crippen molar-refractivity contribution in [3.8, 4) is 11.5 Å². The van der Waals surface area contributed by atoms with Crippen molar-refractivity contribution in [1.29, 1.82) is 0 Å². The third-order valence-corrected chi connectivity index (χ3v) is 6.48. The van der Waals surface area contributed by atoms with Crippen LogP contribution in [0.5, 0.6) is 11.5 Å². The molecule has 0 amide bonds. The first-order chi connectivity index (χ1) is 16.2. The van der Waals surface area contributed by atoms with Crippen LogP contribution in [0.25, 0.3) is 0 Å². The maximum atomic E-state index is 14.8. The molecule has 0 atom stereocenters. The molecule has 0 aliphatic carbocycles. The SMILES string of the molecule is CCOC(=O)c1cc(S(=O)(=O)N(Cc2ccc(OC)cc2OC)c2ccncn2)c(F)cc1F. The third kappa shape index (κ3) is 5.06. The number of esters is 1. The fourth-order valence-corrected chi connectivity index (χ4v) is 4.54. The topological polar surface area (TPSA) is 108 Å². The van der Waals surface area contributed by atoms with Crippen molar-refractivity contribution in [2.75, 3.05) is 25.1 Å². The first kappa shape index (κ1) is 24.8. The number of carbonyl (C=O) groups is 1. The van der Waals surface area contributed by atoms with Gasteiger partial charge in [0.15, 0.2) is 0 Å². The molecule has 0 fully saturated rings. The maximum absolute atomic E-state index is 14.8. The first-order valence-corrected chi connectivity index (χ1v) is 11.3. The van der Waals surface area contributed by atoms with Crippen LogP contribution in [-0.2, 0) is 21.3 Å². The van der Waals surface area contributed by atoms with Crippen LogP contribution >= 0.6 is 0 Å². The molecule has 12 heteroatoms. The fourth-order valence-electron chi connectivity index (χ4n) is 3.07. The van der Waals surface area contributed by atoms with Crippen molar-refractivity contribution >= 4 is 21.8 Å². The summed E-state index contributed by atoms with van der Waals surface area (Å²) in [4.78, 5) is 18.9. The van der Waals surface area contributed by atoms with Crippen molar-refractivity contribution in [3.63, 3.8) is 0 Å². The number of carbonyl (C=O) groups excluding carboxylic acids is 1. The number of sulfonamides is 1. The zero-order chi connectivity index (χ0) is 24.9. The lowest BCUT2D eigenvalue weighted by molar-refractivity contribution is 0.0520. The molecule has 0 saturated heterocycles. The lowest BCUT2D eigenvalue weighted by Crippen LogP contribution is -2.32. The van der Waals surface area contributed by atoms with Gasteiger partial charge in [-0.25, -0.2) is 36.3 Å². The van der Waals surface area contributed by atoms with Gasteiger partial charge < -0.3 is 14.2 Å². The standard InChI is InChI=1S/C22H21F2N3O6S/c1-4-33-22(28)16-10-20(18(24)11-17(16)23)34(29,30)27(21-7-8-25-13-26-21)12-14-5-6-15(31-2)9-19(14)32-3/h5-11,13H,4,12H2,1-3H3. The first-order valence-electron chi connectivity index (χ1n) is 9.88. The van der Waals surface area contributed by atoms with Gasteiger partial charge in [0.2, 0.25) is 0 Å². The number of benzene rings is 2. The van der Waals surface area contributed by atoms with E-state index in [0.717, 1.165) is 10.6 Å². The van der Waals surface area contributed by atoms with E-state index in [1.54, 1.807) is 18.2 Å². The molecule has 0 spiro atoms. The van der Waals surface area contributed by atoms with E-state index < -0.39 is 38.1 Å². The Balaban J connectivity index is 2.16. The summed E-state index contributed by atoms with van der Waals surface area (Å²) < 4.78 is 72.3. The molecule has 0 aliphatic rings. The molecule has 0 N–H and O–H groups in total. The number of nitrogens with zero attached hydrogens (tertiary/aromatic N) is 3. The number of hydrogen-bond donors (Lipinski definition) is 0. The van der Waals surface area contributed by atoms with Gasteiger partial charge in [-0.1, -0.05) is 0 Å². The molecule has 34 heavy (non-hydrogen) atoms. The Bertz CT molecular complexity index is 1290. The molecule has 1 aromatic heterocycles. The zero-order valence-electron chi connectivity index (χ0n) is 18.5. The highest BCUT2D eigenvalue weighted by Gasteiger charge is 2.32. The summed E-state index contributed by atoms with van der Waals surface area (Å²) in [6, 6.07) is 6.97. The highest BCUT2D eigenvalue weighted by Crippen LogP contribution is 2.31. The summed E-state index contributed by atoms with van der Waals surface area (Å²) in [7, 11) is -1.85. The van der Waals surface area contributed by atoms with Crippen LogP contribution in [0.2, 0.25) is 0 Å². The molecule has 0 saturated carbocycles. The van der Waals surface area contributed by atoms with Gasteiger partial charge in [0.05, 0.1) is 32.9 Å². The molecule has 0 bridgehead atoms. The predicted molar refractivity (Wildman–Crippen MR) is 117 cm³/mol. The largest absolute Gasteiger partial charge is 0.497 e. The number of methoxy groups -OCH3 is 2. The van der Waals surface area contributed by atoms with Gasteiger partial charge in [0, 0.05) is 30.0 Å². The summed E-state index contributed by atoms with van der Waals surface area (Å²) >= 11 is 0. The Morgan fingerprint density at radius 2 is 1.82 bits per heavy atom. The zero-order valence-corrected chi connectivity index (χ0v) is 19.3. The molecule has 9 nitrogen and oxygen atoms in total. The summed E-state index contributed by atoms with van der Waals surface area (Å²) in [6.45, 7) is 1.08. The van der Waals surface area contributed by atoms with Gasteiger partial charge in [0.25, 0.3) is 10.0 Å². The van der Waals surface area contributed by atoms with Crippen LogP contribution in [0.3, 0.4) is 0 Å². The van der Waals surface area contributed by atoms with Crippen LogP contribution in [0, 0.1) is 11.6 Å². The second kappa shape index (κ2) is 10.4. The van der Waals surface area contributed by atoms with Crippen molar-refractivity contribution in [2.45, 2.75) is 18.4 Å². The summed E-state index contributed by atoms with van der Waals surface area (Å²) in [5.41, 5.74) is -0.315. The molecule has 1 heterocycles. The third-order valence-electron chi connectivity index (χ3n) is 4.72. The van der Waals surface area contributed by atoms with Gasteiger partial charge in [-0.2, -0.15) is 0 Å². The van der Waals surface area contributed by atoms with Crippen molar-refractivity contribution in [2.24, 2.45) is 0 Å². The molecule has 0 radical (unpaired) electrons. The van der Waals surface area contributed by atoms with Crippen molar-refractivity contribution in [1.82, 2.24) is 9.97 Å². The molecule has 3 aromatic rings. The predicted octanol–water partition coefficient (Wildman–Crippen LogP) is 3.34. The molecule has 2 aromatic carbocycles. The van der Waals surface area contributed by atoms with E-state index in [4.69, 9.17) is 14.2 Å². The minimum absolute atomic E-state index is 0.0813. The Kier molecular flexibility index (Phi) is 7.61. The lowest BCUT2D eigenvalue weighted by Gasteiger charge is -2.25. The van der Waals surface area contributed by atoms with E-state index in [9.17, 15) is 22.0 Å². The number of hydrogen-bond acceptors (Lipinski definition) is 8. The molecule has 3 rings (SSSR count). The normalized spacial score (nSPS) is 11.1. The van der Waals surface area contributed by atoms with E-state index in [2.05, 4.69) is 9.97 Å². The Labute approximate surface area is 195 Å². The highest BCUT2D eigenvalue weighted by molar-refractivity contribution is 7.92. The summed E-state index contributed by atoms with van der Waals surface area (Å²) in [5.74, 6) is -3.07. The van der Waals surface area contributed by atoms with Crippen LogP contribution in [0.15, 0.2) is 53.8 Å². The summed E-state index contributed by atoms with van der Waals surface area (Å²) in [6.07, 6.45) is 2.43. The Morgan fingerprint density at radius 1 is 1.06 bits per heavy atom. The van der Waals surface area contributed by atoms with Crippen LogP contribution in [0.4, 0.5) is 14.6 Å². The second-order valence-electron chi connectivity index (χ2n) is 6.74. The minimum Gasteiger partial charge on any atom is -0.497 e. The van der Waals surface area contributed by atoms with E-state index in [1.807, 2.05) is 0 Å². The van der Waals surface area contributed by atoms with Crippen LogP contribution in [-0.4, -0.2) is 45.2 Å². The Hall–Kier alpha value is -3.80. The van der Waals surface area contributed by atoms with Gasteiger partial charge in [0.1, 0.15) is 40.2 Å². The summed E-state index contributed by atoms with van der Waals surface area (Å²) in [5, 5.41) is 0. The van der Waals surface area contributed by atoms with Gasteiger partial charge in [-0.05, 0) is 25.1 Å². The van der Waals surface area contributed by atoms with Gasteiger partial charge >= 0.3 is 5.97 Å². The second-order valence-corrected chi connectivity index (χ2v) is 8.57. The van der Waals surface area contributed by atoms with Crippen molar-refractivity contribution < 1.29 is 36.2 Å². The number of rotatable bonds is 9. The van der Waals surface area contributed by atoms with E-state index in [0.29, 0.717) is 29.2 Å². The average Bonchev–Trinajstić information content (AvgIpc) is 2.82. The highest BCUT2D eigenvalue weighted by atomic mass is 32.2. The maximum Gasteiger partial charge on any atom is 0.341 e. The molecule has 0 aliphatic heterocycles. The van der Waals surface area contributed by atoms with E-state index in [-0.39, 0.29) is 19.0 Å². The molecule has 180 valence electrons. The lowest BCUT2D eigenvalue weighted by atomic mass is 10.2. The quantitative estimate of drug-likeness (QED) is 0.418. The Morgan fingerprint density at radius 3 is 2.44 bits per heavy atom. The fraction of sp³-hybridized carbons (Fsp3) is 0.227. The molecule has 0 unspecified atom stereocenters. The molecular formula is C22H21F2N3O6S. The van der Waals surface area contributed by atoms with E-state index >= 15 is 0 Å². The van der Waals surface area contributed by atoms with Crippen molar-refractivity contribution in [3.05, 3.63) is 71.7 Å². The minimum atomic E-state index is -4.70. The van der Waals surface area contributed by atoms with Gasteiger partial charge in [-0.3, -0.25) is 0 Å². The average molecular weight is 493 g/mol. The number of aromatic nitrogens is 2. The van der Waals surface area contributed by atoms with Crippen LogP contribution in [0.1, 0.15) is 22.8 Å². The number of ether oxygens (including phenoxy) is 3.